The van der Waals surface area contributed by atoms with Gasteiger partial charge in [-0.05, 0) is 38.2 Å². The number of ether oxygens (including phenoxy) is 2. The summed E-state index contributed by atoms with van der Waals surface area (Å²) in [6.45, 7) is 3.55. The number of hydrogen-bond donors (Lipinski definition) is 2. The van der Waals surface area contributed by atoms with Crippen LogP contribution in [0.4, 0.5) is 0 Å². The number of rotatable bonds is 38. The molecule has 0 aliphatic carbocycles. The predicted molar refractivity (Wildman–Crippen MR) is 207 cm³/mol. The number of phosphoric acid groups is 1. The van der Waals surface area contributed by atoms with E-state index < -0.39 is 32.5 Å². The second kappa shape index (κ2) is 36.6. The average molecular weight is 743 g/mol. The number of esters is 2. The molecule has 9 nitrogen and oxygen atoms in total. The number of phosphoric ester groups is 1. The first kappa shape index (κ1) is 49.2. The summed E-state index contributed by atoms with van der Waals surface area (Å²) in [4.78, 5) is 54.8. The lowest BCUT2D eigenvalue weighted by atomic mass is 10.0. The molecule has 0 amide bonds. The van der Waals surface area contributed by atoms with Crippen molar-refractivity contribution in [3.63, 3.8) is 0 Å². The zero-order valence-electron chi connectivity index (χ0n) is 32.5. The van der Waals surface area contributed by atoms with Gasteiger partial charge in [-0.25, -0.2) is 4.57 Å². The molecule has 0 aromatic carbocycles. The van der Waals surface area contributed by atoms with Crippen molar-refractivity contribution in [2.45, 2.75) is 206 Å². The average Bonchev–Trinajstić information content (AvgIpc) is 3.09. The lowest BCUT2D eigenvalue weighted by Gasteiger charge is -2.18. The summed E-state index contributed by atoms with van der Waals surface area (Å²) in [5.74, 6) is -0.858. The van der Waals surface area contributed by atoms with E-state index in [0.29, 0.717) is 19.3 Å². The van der Waals surface area contributed by atoms with Crippen molar-refractivity contribution < 1.29 is 42.7 Å². The summed E-state index contributed by atoms with van der Waals surface area (Å²) in [5, 5.41) is 0. The van der Waals surface area contributed by atoms with Crippen molar-refractivity contribution in [1.29, 1.82) is 0 Å². The third-order valence-corrected chi connectivity index (χ3v) is 9.43. The van der Waals surface area contributed by atoms with Crippen molar-refractivity contribution >= 4 is 25.5 Å². The summed E-state index contributed by atoms with van der Waals surface area (Å²) in [5.41, 5.74) is 0. The van der Waals surface area contributed by atoms with E-state index in [4.69, 9.17) is 19.3 Å². The summed E-state index contributed by atoms with van der Waals surface area (Å²) in [7, 11) is -4.78. The zero-order chi connectivity index (χ0) is 37.7. The molecule has 0 unspecified atom stereocenters. The summed E-state index contributed by atoms with van der Waals surface area (Å²) < 4.78 is 26.3. The lowest BCUT2D eigenvalue weighted by Crippen LogP contribution is -2.29. The molecule has 0 aromatic rings. The minimum absolute atomic E-state index is 0.112. The number of allylic oxidation sites excluding steroid dienone is 4. The van der Waals surface area contributed by atoms with Gasteiger partial charge in [-0.3, -0.25) is 18.9 Å². The number of unbranched alkanes of at least 4 members (excludes halogenated alkanes) is 23. The van der Waals surface area contributed by atoms with E-state index in [1.54, 1.807) is 6.08 Å². The highest BCUT2D eigenvalue weighted by Gasteiger charge is 2.23. The van der Waals surface area contributed by atoms with Gasteiger partial charge in [-0.2, -0.15) is 0 Å². The molecule has 0 saturated heterocycles. The van der Waals surface area contributed by atoms with E-state index in [9.17, 15) is 18.9 Å². The molecule has 0 spiro atoms. The van der Waals surface area contributed by atoms with Crippen LogP contribution in [0.3, 0.4) is 0 Å². The van der Waals surface area contributed by atoms with Crippen LogP contribution in [0.5, 0.6) is 0 Å². The monoisotopic (exact) mass is 743 g/mol. The van der Waals surface area contributed by atoms with Gasteiger partial charge in [0.2, 0.25) is 0 Å². The Kier molecular flexibility index (Phi) is 35.3. The van der Waals surface area contributed by atoms with Crippen LogP contribution in [0.1, 0.15) is 200 Å². The fraction of sp³-hybridized carbons (Fsp3) is 0.829. The fourth-order valence-corrected chi connectivity index (χ4v) is 6.19. The van der Waals surface area contributed by atoms with Gasteiger partial charge in [0.05, 0.1) is 6.61 Å². The SMILES string of the molecule is CCCCC/C=C\C=C\C(=O)CCCCCCCC(=O)O[C@H](COC(=O)CCCCCCCCCCCCCCCCCCC)COP(=O)(O)O. The Balaban J connectivity index is 3.98. The van der Waals surface area contributed by atoms with Crippen molar-refractivity contribution in [2.75, 3.05) is 13.2 Å². The van der Waals surface area contributed by atoms with Crippen molar-refractivity contribution in [3.05, 3.63) is 24.3 Å². The van der Waals surface area contributed by atoms with Crippen molar-refractivity contribution in [2.24, 2.45) is 0 Å². The highest BCUT2D eigenvalue weighted by atomic mass is 31.2. The molecule has 0 aliphatic rings. The van der Waals surface area contributed by atoms with E-state index in [1.807, 2.05) is 12.2 Å². The summed E-state index contributed by atoms with van der Waals surface area (Å²) in [6.07, 6.45) is 37.2. The Labute approximate surface area is 311 Å². The van der Waals surface area contributed by atoms with E-state index in [-0.39, 0.29) is 25.2 Å². The van der Waals surface area contributed by atoms with Gasteiger partial charge in [-0.1, -0.05) is 167 Å². The summed E-state index contributed by atoms with van der Waals surface area (Å²) in [6, 6.07) is 0. The molecule has 0 radical (unpaired) electrons. The first-order chi connectivity index (χ1) is 24.7. The van der Waals surface area contributed by atoms with Crippen LogP contribution in [-0.2, 0) is 32.9 Å². The topological polar surface area (TPSA) is 136 Å². The first-order valence-corrected chi connectivity index (χ1v) is 22.1. The van der Waals surface area contributed by atoms with Gasteiger partial charge >= 0.3 is 19.8 Å². The van der Waals surface area contributed by atoms with E-state index in [2.05, 4.69) is 24.4 Å². The number of carbonyl (C=O) groups is 3. The van der Waals surface area contributed by atoms with Crippen LogP contribution in [0.25, 0.3) is 0 Å². The predicted octanol–water partition coefficient (Wildman–Crippen LogP) is 11.6. The fourth-order valence-electron chi connectivity index (χ4n) is 5.83. The Hall–Kier alpha value is -1.80. The number of carbonyl (C=O) groups excluding carboxylic acids is 3. The van der Waals surface area contributed by atoms with Gasteiger partial charge in [0, 0.05) is 19.3 Å². The third kappa shape index (κ3) is 39.2. The number of ketones is 1. The zero-order valence-corrected chi connectivity index (χ0v) is 33.4. The molecular formula is C41H75O9P. The highest BCUT2D eigenvalue weighted by molar-refractivity contribution is 7.46. The normalized spacial score (nSPS) is 12.5. The standard InChI is InChI=1S/C41H75O9P/c1-3-5-7-9-11-12-13-14-15-16-17-18-19-20-22-26-30-34-40(43)48-36-39(37-49-51(45,46)47)50-41(44)35-31-27-23-25-29-33-38(42)32-28-24-21-10-8-6-4-2/h21,24,28,32,39H,3-20,22-23,25-27,29-31,33-37H2,1-2H3,(H2,45,46,47)/b24-21-,32-28+/t39-/m1/s1. The smallest absolute Gasteiger partial charge is 0.462 e. The van der Waals surface area contributed by atoms with E-state index in [1.165, 1.54) is 109 Å². The molecule has 0 heterocycles. The largest absolute Gasteiger partial charge is 0.469 e. The Morgan fingerprint density at radius 3 is 1.47 bits per heavy atom. The van der Waals surface area contributed by atoms with Crippen LogP contribution in [0.15, 0.2) is 24.3 Å². The molecule has 0 aliphatic heterocycles. The maximum Gasteiger partial charge on any atom is 0.469 e. The quantitative estimate of drug-likeness (QED) is 0.0208. The molecule has 0 rings (SSSR count). The maximum absolute atomic E-state index is 12.4. The molecule has 10 heteroatoms. The maximum atomic E-state index is 12.4. The molecule has 1 atom stereocenters. The van der Waals surface area contributed by atoms with Crippen LogP contribution in [0, 0.1) is 0 Å². The highest BCUT2D eigenvalue weighted by Crippen LogP contribution is 2.36. The van der Waals surface area contributed by atoms with Gasteiger partial charge in [-0.15, -0.1) is 0 Å². The summed E-state index contributed by atoms with van der Waals surface area (Å²) >= 11 is 0. The molecule has 0 bridgehead atoms. The van der Waals surface area contributed by atoms with Crippen LogP contribution >= 0.6 is 7.82 Å². The van der Waals surface area contributed by atoms with E-state index >= 15 is 0 Å². The Morgan fingerprint density at radius 1 is 0.549 bits per heavy atom. The first-order valence-electron chi connectivity index (χ1n) is 20.6. The Morgan fingerprint density at radius 2 is 0.980 bits per heavy atom. The molecule has 51 heavy (non-hydrogen) atoms. The third-order valence-electron chi connectivity index (χ3n) is 8.95. The minimum Gasteiger partial charge on any atom is -0.462 e. The number of hydrogen-bond acceptors (Lipinski definition) is 7. The second-order valence-corrected chi connectivity index (χ2v) is 15.2. The van der Waals surface area contributed by atoms with Gasteiger partial charge in [0.15, 0.2) is 11.9 Å². The van der Waals surface area contributed by atoms with Gasteiger partial charge in [0.1, 0.15) is 6.61 Å². The van der Waals surface area contributed by atoms with Crippen LogP contribution < -0.4 is 0 Å². The molecule has 2 N–H and O–H groups in total. The molecule has 0 saturated carbocycles. The lowest BCUT2D eigenvalue weighted by molar-refractivity contribution is -0.161. The van der Waals surface area contributed by atoms with Gasteiger partial charge in [0.25, 0.3) is 0 Å². The molecule has 0 fully saturated rings. The van der Waals surface area contributed by atoms with Crippen LogP contribution in [0.2, 0.25) is 0 Å². The Bertz CT molecular complexity index is 943. The molecule has 298 valence electrons. The molecule has 0 aromatic heterocycles. The van der Waals surface area contributed by atoms with Crippen LogP contribution in [-0.4, -0.2) is 46.8 Å². The van der Waals surface area contributed by atoms with Crippen molar-refractivity contribution in [3.8, 4) is 0 Å². The van der Waals surface area contributed by atoms with E-state index in [0.717, 1.165) is 44.9 Å². The van der Waals surface area contributed by atoms with Crippen molar-refractivity contribution in [1.82, 2.24) is 0 Å². The minimum atomic E-state index is -4.78. The van der Waals surface area contributed by atoms with Gasteiger partial charge < -0.3 is 19.3 Å². The second-order valence-electron chi connectivity index (χ2n) is 14.0. The molecular weight excluding hydrogens is 667 g/mol.